The van der Waals surface area contributed by atoms with Gasteiger partial charge in [-0.1, -0.05) is 18.9 Å². The summed E-state index contributed by atoms with van der Waals surface area (Å²) in [5.74, 6) is 0.632. The molecule has 1 aromatic heterocycles. The highest BCUT2D eigenvalue weighted by Crippen LogP contribution is 2.08. The number of hydrogen-bond donors (Lipinski definition) is 2. The summed E-state index contributed by atoms with van der Waals surface area (Å²) in [6, 6.07) is 0.509. The van der Waals surface area contributed by atoms with Crippen molar-refractivity contribution in [2.24, 2.45) is 0 Å². The van der Waals surface area contributed by atoms with E-state index in [9.17, 15) is 0 Å². The topological polar surface area (TPSA) is 63.0 Å². The van der Waals surface area contributed by atoms with E-state index in [1.807, 2.05) is 0 Å². The zero-order valence-corrected chi connectivity index (χ0v) is 10.9. The Morgan fingerprint density at radius 2 is 2.25 bits per heavy atom. The van der Waals surface area contributed by atoms with Crippen molar-refractivity contribution in [3.63, 3.8) is 0 Å². The molecule has 1 heterocycles. The van der Waals surface area contributed by atoms with Crippen molar-refractivity contribution in [3.05, 3.63) is 5.89 Å². The molecule has 6 heteroatoms. The number of rotatable bonds is 8. The van der Waals surface area contributed by atoms with Crippen LogP contribution in [-0.4, -0.2) is 34.8 Å². The number of aromatic nitrogens is 2. The van der Waals surface area contributed by atoms with Crippen molar-refractivity contribution in [3.8, 4) is 0 Å². The zero-order chi connectivity index (χ0) is 11.8. The molecule has 1 aromatic rings. The lowest BCUT2D eigenvalue weighted by atomic mass is 10.5. The number of nitrogens with one attached hydrogen (secondary N) is 2. The van der Waals surface area contributed by atoms with E-state index in [-0.39, 0.29) is 0 Å². The smallest absolute Gasteiger partial charge is 0.315 e. The Labute approximate surface area is 101 Å². The summed E-state index contributed by atoms with van der Waals surface area (Å²) in [4.78, 5) is 0. The van der Waals surface area contributed by atoms with Gasteiger partial charge in [-0.25, -0.2) is 0 Å². The lowest BCUT2D eigenvalue weighted by Crippen LogP contribution is -2.14. The van der Waals surface area contributed by atoms with Gasteiger partial charge >= 0.3 is 6.01 Å². The average molecular weight is 244 g/mol. The minimum atomic E-state index is 0.509. The average Bonchev–Trinajstić information content (AvgIpc) is 2.74. The van der Waals surface area contributed by atoms with Crippen LogP contribution in [0.2, 0.25) is 0 Å². The van der Waals surface area contributed by atoms with Gasteiger partial charge in [0.2, 0.25) is 5.89 Å². The monoisotopic (exact) mass is 244 g/mol. The lowest BCUT2D eigenvalue weighted by Gasteiger charge is -2.06. The van der Waals surface area contributed by atoms with Crippen LogP contribution in [-0.2, 0) is 6.54 Å². The van der Waals surface area contributed by atoms with Crippen LogP contribution in [0, 0.1) is 0 Å². The van der Waals surface area contributed by atoms with Gasteiger partial charge in [-0.15, -0.1) is 5.10 Å². The standard InChI is InChI=1S/C10H20N4OS/c1-4-5-11-7-9-13-14-10(15-9)12-6-8(2)16-3/h8,11H,4-7H2,1-3H3,(H,12,14). The maximum absolute atomic E-state index is 5.42. The molecular weight excluding hydrogens is 224 g/mol. The number of thioether (sulfide) groups is 1. The Morgan fingerprint density at radius 3 is 2.94 bits per heavy atom. The molecule has 0 spiro atoms. The molecule has 0 bridgehead atoms. The molecule has 0 radical (unpaired) electrons. The third kappa shape index (κ3) is 4.85. The van der Waals surface area contributed by atoms with E-state index in [2.05, 4.69) is 40.9 Å². The molecule has 1 rings (SSSR count). The fourth-order valence-corrected chi connectivity index (χ4v) is 1.33. The fourth-order valence-electron chi connectivity index (χ4n) is 1.08. The van der Waals surface area contributed by atoms with E-state index >= 15 is 0 Å². The van der Waals surface area contributed by atoms with E-state index in [1.54, 1.807) is 11.8 Å². The molecule has 1 unspecified atom stereocenters. The van der Waals surface area contributed by atoms with Crippen LogP contribution in [0.15, 0.2) is 4.42 Å². The lowest BCUT2D eigenvalue weighted by molar-refractivity contribution is 0.477. The summed E-state index contributed by atoms with van der Waals surface area (Å²) >= 11 is 1.80. The molecule has 0 aromatic carbocycles. The van der Waals surface area contributed by atoms with E-state index in [4.69, 9.17) is 4.42 Å². The van der Waals surface area contributed by atoms with E-state index < -0.39 is 0 Å². The van der Waals surface area contributed by atoms with Gasteiger partial charge in [0.05, 0.1) is 6.54 Å². The van der Waals surface area contributed by atoms with E-state index in [0.29, 0.717) is 23.7 Å². The van der Waals surface area contributed by atoms with Crippen molar-refractivity contribution in [2.75, 3.05) is 24.7 Å². The Bertz CT molecular complexity index is 292. The summed E-state index contributed by atoms with van der Waals surface area (Å²) in [6.07, 6.45) is 3.19. The fraction of sp³-hybridized carbons (Fsp3) is 0.800. The van der Waals surface area contributed by atoms with E-state index in [1.165, 1.54) is 0 Å². The Morgan fingerprint density at radius 1 is 1.44 bits per heavy atom. The number of hydrogen-bond acceptors (Lipinski definition) is 6. The third-order valence-corrected chi connectivity index (χ3v) is 3.08. The van der Waals surface area contributed by atoms with Crippen molar-refractivity contribution in [2.45, 2.75) is 32.1 Å². The highest BCUT2D eigenvalue weighted by molar-refractivity contribution is 7.99. The Hall–Kier alpha value is -0.750. The van der Waals surface area contributed by atoms with Crippen molar-refractivity contribution in [1.29, 1.82) is 0 Å². The Balaban J connectivity index is 2.28. The van der Waals surface area contributed by atoms with Crippen LogP contribution < -0.4 is 10.6 Å². The predicted octanol–water partition coefficient (Wildman–Crippen LogP) is 1.73. The van der Waals surface area contributed by atoms with Crippen molar-refractivity contribution >= 4 is 17.8 Å². The second-order valence-electron chi connectivity index (χ2n) is 3.60. The van der Waals surface area contributed by atoms with Gasteiger partial charge < -0.3 is 15.1 Å². The number of nitrogens with zero attached hydrogens (tertiary/aromatic N) is 2. The molecule has 0 aliphatic carbocycles. The molecule has 0 amide bonds. The molecule has 92 valence electrons. The second-order valence-corrected chi connectivity index (χ2v) is 4.88. The maximum atomic E-state index is 5.42. The van der Waals surface area contributed by atoms with Gasteiger partial charge in [-0.3, -0.25) is 0 Å². The second kappa shape index (κ2) is 7.51. The molecule has 16 heavy (non-hydrogen) atoms. The van der Waals surface area contributed by atoms with Gasteiger partial charge in [0.1, 0.15) is 0 Å². The van der Waals surface area contributed by atoms with Gasteiger partial charge in [-0.2, -0.15) is 11.8 Å². The Kier molecular flexibility index (Phi) is 6.25. The molecule has 0 fully saturated rings. The molecule has 1 atom stereocenters. The SMILES string of the molecule is CCCNCc1nnc(NCC(C)SC)o1. The minimum absolute atomic E-state index is 0.509. The van der Waals surface area contributed by atoms with Crippen molar-refractivity contribution < 1.29 is 4.42 Å². The maximum Gasteiger partial charge on any atom is 0.315 e. The van der Waals surface area contributed by atoms with Gasteiger partial charge in [0.15, 0.2) is 0 Å². The predicted molar refractivity (Wildman–Crippen MR) is 67.8 cm³/mol. The largest absolute Gasteiger partial charge is 0.407 e. The normalized spacial score (nSPS) is 12.7. The first-order valence-corrected chi connectivity index (χ1v) is 6.84. The number of anilines is 1. The minimum Gasteiger partial charge on any atom is -0.407 e. The first-order valence-electron chi connectivity index (χ1n) is 5.56. The zero-order valence-electron chi connectivity index (χ0n) is 10.1. The van der Waals surface area contributed by atoms with Crippen LogP contribution >= 0.6 is 11.8 Å². The quantitative estimate of drug-likeness (QED) is 0.679. The van der Waals surface area contributed by atoms with Crippen LogP contribution in [0.3, 0.4) is 0 Å². The van der Waals surface area contributed by atoms with Crippen LogP contribution in [0.4, 0.5) is 6.01 Å². The summed E-state index contributed by atoms with van der Waals surface area (Å²) in [6.45, 7) is 6.72. The van der Waals surface area contributed by atoms with Crippen LogP contribution in [0.1, 0.15) is 26.2 Å². The molecule has 0 saturated heterocycles. The summed E-state index contributed by atoms with van der Waals surface area (Å²) in [5, 5.41) is 14.7. The first-order chi connectivity index (χ1) is 7.76. The summed E-state index contributed by atoms with van der Waals surface area (Å²) < 4.78 is 5.42. The first kappa shape index (κ1) is 13.3. The van der Waals surface area contributed by atoms with Crippen molar-refractivity contribution in [1.82, 2.24) is 15.5 Å². The van der Waals surface area contributed by atoms with Crippen LogP contribution in [0.25, 0.3) is 0 Å². The molecule has 5 nitrogen and oxygen atoms in total. The highest BCUT2D eigenvalue weighted by Gasteiger charge is 2.06. The molecular formula is C10H20N4OS. The van der Waals surface area contributed by atoms with Gasteiger partial charge in [0, 0.05) is 11.8 Å². The third-order valence-electron chi connectivity index (χ3n) is 2.11. The van der Waals surface area contributed by atoms with Crippen LogP contribution in [0.5, 0.6) is 0 Å². The molecule has 2 N–H and O–H groups in total. The molecule has 0 aliphatic heterocycles. The summed E-state index contributed by atoms with van der Waals surface area (Å²) in [7, 11) is 0. The van der Waals surface area contributed by atoms with Gasteiger partial charge in [-0.05, 0) is 19.2 Å². The van der Waals surface area contributed by atoms with E-state index in [0.717, 1.165) is 19.5 Å². The molecule has 0 aliphatic rings. The highest BCUT2D eigenvalue weighted by atomic mass is 32.2. The summed E-state index contributed by atoms with van der Waals surface area (Å²) in [5.41, 5.74) is 0. The van der Waals surface area contributed by atoms with Gasteiger partial charge in [0.25, 0.3) is 0 Å². The molecule has 0 saturated carbocycles.